The quantitative estimate of drug-likeness (QED) is 0.471. The van der Waals surface area contributed by atoms with E-state index in [-0.39, 0.29) is 10.7 Å². The van der Waals surface area contributed by atoms with E-state index in [9.17, 15) is 22.8 Å². The summed E-state index contributed by atoms with van der Waals surface area (Å²) >= 11 is 4.59. The molecule has 2 rings (SSSR count). The molecule has 4 nitrogen and oxygen atoms in total. The maximum Gasteiger partial charge on any atom is 0.416 e. The van der Waals surface area contributed by atoms with Gasteiger partial charge in [0.1, 0.15) is 5.57 Å². The number of rotatable bonds is 1. The van der Waals surface area contributed by atoms with Crippen LogP contribution in [0.3, 0.4) is 0 Å². The van der Waals surface area contributed by atoms with Crippen molar-refractivity contribution in [3.8, 4) is 0 Å². The van der Waals surface area contributed by atoms with Crippen molar-refractivity contribution in [1.82, 2.24) is 10.6 Å². The number of hydrogen-bond donors (Lipinski definition) is 2. The van der Waals surface area contributed by atoms with Gasteiger partial charge in [0.15, 0.2) is 5.11 Å². The highest BCUT2D eigenvalue weighted by molar-refractivity contribution is 7.80. The van der Waals surface area contributed by atoms with Crippen molar-refractivity contribution in [3.05, 3.63) is 41.0 Å². The molecule has 1 aromatic rings. The smallest absolute Gasteiger partial charge is 0.299 e. The van der Waals surface area contributed by atoms with Crippen molar-refractivity contribution >= 4 is 35.2 Å². The number of carbonyl (C=O) groups is 2. The van der Waals surface area contributed by atoms with Gasteiger partial charge in [0.25, 0.3) is 11.8 Å². The van der Waals surface area contributed by atoms with Gasteiger partial charge < -0.3 is 0 Å². The van der Waals surface area contributed by atoms with Crippen molar-refractivity contribution in [1.29, 1.82) is 0 Å². The van der Waals surface area contributed by atoms with Crippen LogP contribution in [0.25, 0.3) is 6.08 Å². The number of halogens is 3. The van der Waals surface area contributed by atoms with Crippen molar-refractivity contribution in [2.75, 3.05) is 0 Å². The molecular formula is C12H7F3N2O2S. The zero-order chi connectivity index (χ0) is 14.9. The summed E-state index contributed by atoms with van der Waals surface area (Å²) in [6, 6.07) is 4.64. The zero-order valence-electron chi connectivity index (χ0n) is 9.75. The van der Waals surface area contributed by atoms with Gasteiger partial charge in [-0.2, -0.15) is 13.2 Å². The minimum atomic E-state index is -4.58. The fraction of sp³-hybridized carbons (Fsp3) is 0.0833. The average molecular weight is 300 g/mol. The number of nitrogens with one attached hydrogen (secondary N) is 2. The van der Waals surface area contributed by atoms with E-state index in [1.165, 1.54) is 18.2 Å². The number of benzene rings is 1. The van der Waals surface area contributed by atoms with E-state index in [4.69, 9.17) is 0 Å². The molecule has 0 spiro atoms. The predicted octanol–water partition coefficient (Wildman–Crippen LogP) is 1.62. The van der Waals surface area contributed by atoms with E-state index in [1.54, 1.807) is 0 Å². The molecule has 1 fully saturated rings. The monoisotopic (exact) mass is 300 g/mol. The molecule has 0 radical (unpaired) electrons. The Morgan fingerprint density at radius 2 is 1.60 bits per heavy atom. The molecule has 104 valence electrons. The molecule has 1 saturated heterocycles. The third kappa shape index (κ3) is 2.85. The maximum absolute atomic E-state index is 12.8. The summed E-state index contributed by atoms with van der Waals surface area (Å²) in [5.41, 5.74) is -1.63. The van der Waals surface area contributed by atoms with E-state index < -0.39 is 29.1 Å². The first-order valence-corrected chi connectivity index (χ1v) is 5.74. The third-order valence-corrected chi connectivity index (χ3v) is 2.71. The van der Waals surface area contributed by atoms with Crippen LogP contribution in [0.4, 0.5) is 13.2 Å². The Morgan fingerprint density at radius 3 is 2.15 bits per heavy atom. The van der Waals surface area contributed by atoms with Crippen LogP contribution in [0, 0.1) is 0 Å². The lowest BCUT2D eigenvalue weighted by atomic mass is 10.0. The summed E-state index contributed by atoms with van der Waals surface area (Å²) in [5, 5.41) is 4.12. The molecule has 2 amide bonds. The first kappa shape index (κ1) is 14.2. The molecule has 0 aliphatic carbocycles. The fourth-order valence-electron chi connectivity index (χ4n) is 1.64. The highest BCUT2D eigenvalue weighted by atomic mass is 32.1. The van der Waals surface area contributed by atoms with Crippen molar-refractivity contribution < 1.29 is 22.8 Å². The van der Waals surface area contributed by atoms with Gasteiger partial charge in [-0.3, -0.25) is 20.2 Å². The molecule has 20 heavy (non-hydrogen) atoms. The molecule has 0 aromatic heterocycles. The van der Waals surface area contributed by atoms with Crippen LogP contribution in [0.1, 0.15) is 11.1 Å². The molecule has 1 aliphatic rings. The van der Waals surface area contributed by atoms with Gasteiger partial charge in [-0.25, -0.2) is 0 Å². The predicted molar refractivity (Wildman–Crippen MR) is 68.3 cm³/mol. The molecule has 1 heterocycles. The molecule has 1 aliphatic heterocycles. The Kier molecular flexibility index (Phi) is 3.58. The Labute approximate surface area is 116 Å². The van der Waals surface area contributed by atoms with Crippen molar-refractivity contribution in [2.24, 2.45) is 0 Å². The minimum absolute atomic E-state index is 0.179. The summed E-state index contributed by atoms with van der Waals surface area (Å²) in [6.45, 7) is 0. The molecule has 8 heteroatoms. The Balaban J connectivity index is 2.48. The third-order valence-electron chi connectivity index (χ3n) is 2.51. The molecular weight excluding hydrogens is 293 g/mol. The molecule has 0 bridgehead atoms. The minimum Gasteiger partial charge on any atom is -0.299 e. The number of carbonyl (C=O) groups excluding carboxylic acids is 2. The highest BCUT2D eigenvalue weighted by Gasteiger charge is 2.33. The van der Waals surface area contributed by atoms with Crippen molar-refractivity contribution in [2.45, 2.75) is 6.18 Å². The molecule has 2 N–H and O–H groups in total. The van der Waals surface area contributed by atoms with E-state index in [1.807, 2.05) is 0 Å². The average Bonchev–Trinajstić information content (AvgIpc) is 2.33. The lowest BCUT2D eigenvalue weighted by molar-refractivity contribution is -0.137. The second kappa shape index (κ2) is 5.04. The van der Waals surface area contributed by atoms with E-state index in [2.05, 4.69) is 22.9 Å². The van der Waals surface area contributed by atoms with Crippen LogP contribution in [-0.2, 0) is 15.8 Å². The van der Waals surface area contributed by atoms with Crippen LogP contribution >= 0.6 is 12.2 Å². The number of thiocarbonyl (C=S) groups is 1. The largest absolute Gasteiger partial charge is 0.416 e. The molecule has 1 aromatic carbocycles. The summed E-state index contributed by atoms with van der Waals surface area (Å²) in [5.74, 6) is -1.67. The van der Waals surface area contributed by atoms with Crippen molar-refractivity contribution in [3.63, 3.8) is 0 Å². The van der Waals surface area contributed by atoms with Gasteiger partial charge in [0, 0.05) is 0 Å². The topological polar surface area (TPSA) is 58.2 Å². The van der Waals surface area contributed by atoms with Crippen LogP contribution in [-0.4, -0.2) is 16.9 Å². The summed E-state index contributed by atoms with van der Waals surface area (Å²) in [7, 11) is 0. The van der Waals surface area contributed by atoms with Crippen LogP contribution < -0.4 is 10.6 Å². The normalized spacial score (nSPS) is 15.8. The molecule has 0 saturated carbocycles. The second-order valence-corrected chi connectivity index (χ2v) is 4.29. The van der Waals surface area contributed by atoms with E-state index in [0.717, 1.165) is 12.1 Å². The van der Waals surface area contributed by atoms with Crippen LogP contribution in [0.2, 0.25) is 0 Å². The van der Waals surface area contributed by atoms with Gasteiger partial charge in [0.2, 0.25) is 0 Å². The Morgan fingerprint density at radius 1 is 1.05 bits per heavy atom. The first-order valence-electron chi connectivity index (χ1n) is 5.33. The first-order chi connectivity index (χ1) is 9.29. The molecule has 0 atom stereocenters. The van der Waals surface area contributed by atoms with E-state index in [0.29, 0.717) is 0 Å². The summed E-state index contributed by atoms with van der Waals surface area (Å²) in [6.07, 6.45) is -3.69. The number of hydrogen-bond acceptors (Lipinski definition) is 3. The van der Waals surface area contributed by atoms with Gasteiger partial charge in [-0.15, -0.1) is 0 Å². The lowest BCUT2D eigenvalue weighted by Crippen LogP contribution is -2.51. The highest BCUT2D eigenvalue weighted by Crippen LogP contribution is 2.32. The van der Waals surface area contributed by atoms with Gasteiger partial charge >= 0.3 is 6.18 Å². The maximum atomic E-state index is 12.8. The van der Waals surface area contributed by atoms with E-state index >= 15 is 0 Å². The van der Waals surface area contributed by atoms with Gasteiger partial charge in [-0.1, -0.05) is 18.2 Å². The standard InChI is InChI=1S/C12H7F3N2O2S/c13-12(14,15)8-4-2-1-3-6(8)5-7-9(18)16-11(20)17-10(7)19/h1-5H,(H2,16,17,18,19,20). The van der Waals surface area contributed by atoms with Crippen LogP contribution in [0.5, 0.6) is 0 Å². The molecule has 0 unspecified atom stereocenters. The van der Waals surface area contributed by atoms with Crippen LogP contribution in [0.15, 0.2) is 29.8 Å². The SMILES string of the molecule is O=C1NC(=S)NC(=O)C1=Cc1ccccc1C(F)(F)F. The summed E-state index contributed by atoms with van der Waals surface area (Å²) in [4.78, 5) is 23.1. The summed E-state index contributed by atoms with van der Waals surface area (Å²) < 4.78 is 38.4. The Bertz CT molecular complexity index is 616. The number of amides is 2. The Hall–Kier alpha value is -2.22. The fourth-order valence-corrected chi connectivity index (χ4v) is 1.83. The second-order valence-electron chi connectivity index (χ2n) is 3.88. The zero-order valence-corrected chi connectivity index (χ0v) is 10.6. The lowest BCUT2D eigenvalue weighted by Gasteiger charge is -2.17. The van der Waals surface area contributed by atoms with Gasteiger partial charge in [0.05, 0.1) is 5.56 Å². The number of alkyl halides is 3. The van der Waals surface area contributed by atoms with Gasteiger partial charge in [-0.05, 0) is 29.9 Å².